The fourth-order valence-electron chi connectivity index (χ4n) is 0.233. The van der Waals surface area contributed by atoms with Crippen molar-refractivity contribution in [3.8, 4) is 0 Å². The molecule has 4 heteroatoms. The van der Waals surface area contributed by atoms with Gasteiger partial charge in [0.2, 0.25) is 0 Å². The zero-order valence-corrected chi connectivity index (χ0v) is 6.06. The van der Waals surface area contributed by atoms with Gasteiger partial charge in [0.15, 0.2) is 0 Å². The number of hydrogen-bond donors (Lipinski definition) is 0. The van der Waals surface area contributed by atoms with Crippen molar-refractivity contribution in [2.45, 2.75) is 12.8 Å². The van der Waals surface area contributed by atoms with Gasteiger partial charge in [-0.25, -0.2) is 0 Å². The van der Waals surface area contributed by atoms with Gasteiger partial charge < -0.3 is 15.6 Å². The molecule has 0 saturated carbocycles. The third-order valence-electron chi connectivity index (χ3n) is 0.558. The molecule has 0 aromatic carbocycles. The molecule has 0 atom stereocenters. The second-order valence-electron chi connectivity index (χ2n) is 1.23. The molecular formula is C4H7MgNO2. The molecule has 0 spiro atoms. The summed E-state index contributed by atoms with van der Waals surface area (Å²) in [5, 5.41) is 9.56. The van der Waals surface area contributed by atoms with E-state index in [9.17, 15) is 9.90 Å². The standard InChI is InChI=1S/C4H8NO2.Mg/c5-3-1-2-4(6)7;/h5H,1-3H2,(H,6,7);/q-1;+2/p-1. The maximum absolute atomic E-state index is 9.56. The molecule has 0 aromatic rings. The Hall–Kier alpha value is 0.196. The summed E-state index contributed by atoms with van der Waals surface area (Å²) in [4.78, 5) is 9.56. The summed E-state index contributed by atoms with van der Waals surface area (Å²) in [7, 11) is 0. The van der Waals surface area contributed by atoms with Crippen LogP contribution in [0.1, 0.15) is 12.8 Å². The average molecular weight is 125 g/mol. The van der Waals surface area contributed by atoms with Crippen molar-refractivity contribution in [2.24, 2.45) is 0 Å². The Morgan fingerprint density at radius 1 is 1.62 bits per heavy atom. The smallest absolute Gasteiger partial charge is 0.677 e. The average Bonchev–Trinajstić information content (AvgIpc) is 1.61. The van der Waals surface area contributed by atoms with Crippen LogP contribution in [0.25, 0.3) is 5.73 Å². The van der Waals surface area contributed by atoms with Gasteiger partial charge in [-0.05, 0) is 6.42 Å². The Kier molecular flexibility index (Phi) is 9.94. The number of rotatable bonds is 3. The molecule has 0 aliphatic heterocycles. The maximum atomic E-state index is 9.56. The van der Waals surface area contributed by atoms with Crippen LogP contribution >= 0.6 is 0 Å². The first-order valence-electron chi connectivity index (χ1n) is 2.12. The van der Waals surface area contributed by atoms with E-state index >= 15 is 0 Å². The van der Waals surface area contributed by atoms with Crippen LogP contribution in [-0.2, 0) is 4.79 Å². The quantitative estimate of drug-likeness (QED) is 0.463. The van der Waals surface area contributed by atoms with Crippen molar-refractivity contribution in [3.05, 3.63) is 5.73 Å². The Bertz CT molecular complexity index is 67.1. The van der Waals surface area contributed by atoms with Crippen molar-refractivity contribution in [1.29, 1.82) is 0 Å². The van der Waals surface area contributed by atoms with Crippen molar-refractivity contribution in [2.75, 3.05) is 6.54 Å². The SMILES string of the molecule is [Mg+2].[NH-]CCCC(=O)[O-]. The number of carbonyl (C=O) groups is 1. The summed E-state index contributed by atoms with van der Waals surface area (Å²) < 4.78 is 0. The van der Waals surface area contributed by atoms with Gasteiger partial charge in [0.25, 0.3) is 0 Å². The molecule has 0 aromatic heterocycles. The van der Waals surface area contributed by atoms with Crippen molar-refractivity contribution >= 4 is 29.0 Å². The second-order valence-corrected chi connectivity index (χ2v) is 1.23. The topological polar surface area (TPSA) is 63.9 Å². The third-order valence-corrected chi connectivity index (χ3v) is 0.558. The van der Waals surface area contributed by atoms with Gasteiger partial charge in [-0.3, -0.25) is 0 Å². The van der Waals surface area contributed by atoms with E-state index in [1.165, 1.54) is 0 Å². The van der Waals surface area contributed by atoms with Gasteiger partial charge in [-0.1, -0.05) is 6.42 Å². The summed E-state index contributed by atoms with van der Waals surface area (Å²) in [5.41, 5.74) is 6.50. The van der Waals surface area contributed by atoms with E-state index in [2.05, 4.69) is 0 Å². The van der Waals surface area contributed by atoms with Crippen LogP contribution in [0.4, 0.5) is 0 Å². The summed E-state index contributed by atoms with van der Waals surface area (Å²) in [6.07, 6.45) is 0.422. The van der Waals surface area contributed by atoms with E-state index in [4.69, 9.17) is 5.73 Å². The van der Waals surface area contributed by atoms with Gasteiger partial charge in [0.05, 0.1) is 0 Å². The first-order chi connectivity index (χ1) is 3.27. The van der Waals surface area contributed by atoms with E-state index in [1.807, 2.05) is 0 Å². The fraction of sp³-hybridized carbons (Fsp3) is 0.750. The molecule has 0 saturated heterocycles. The molecule has 0 radical (unpaired) electrons. The molecule has 1 N–H and O–H groups in total. The van der Waals surface area contributed by atoms with Gasteiger partial charge >= 0.3 is 23.1 Å². The second kappa shape index (κ2) is 7.20. The molecular weight excluding hydrogens is 118 g/mol. The first-order valence-corrected chi connectivity index (χ1v) is 2.12. The molecule has 42 valence electrons. The first kappa shape index (κ1) is 11.1. The van der Waals surface area contributed by atoms with Crippen LogP contribution in [0.5, 0.6) is 0 Å². The molecule has 0 fully saturated rings. The fourth-order valence-corrected chi connectivity index (χ4v) is 0.233. The van der Waals surface area contributed by atoms with Crippen LogP contribution in [0.3, 0.4) is 0 Å². The predicted molar refractivity (Wildman–Crippen MR) is 29.2 cm³/mol. The minimum atomic E-state index is -1.06. The van der Waals surface area contributed by atoms with Gasteiger partial charge in [-0.15, -0.1) is 0 Å². The number of carbonyl (C=O) groups excluding carboxylic acids is 1. The van der Waals surface area contributed by atoms with Crippen LogP contribution in [0, 0.1) is 0 Å². The van der Waals surface area contributed by atoms with Crippen LogP contribution < -0.4 is 5.11 Å². The zero-order chi connectivity index (χ0) is 5.70. The van der Waals surface area contributed by atoms with Crippen molar-refractivity contribution in [3.63, 3.8) is 0 Å². The van der Waals surface area contributed by atoms with E-state index in [-0.39, 0.29) is 36.0 Å². The van der Waals surface area contributed by atoms with Crippen molar-refractivity contribution < 1.29 is 9.90 Å². The summed E-state index contributed by atoms with van der Waals surface area (Å²) in [6.45, 7) is 0.175. The summed E-state index contributed by atoms with van der Waals surface area (Å²) in [5.74, 6) is -1.06. The van der Waals surface area contributed by atoms with Gasteiger partial charge in [-0.2, -0.15) is 6.54 Å². The maximum Gasteiger partial charge on any atom is 2.00 e. The molecule has 0 amide bonds. The molecule has 8 heavy (non-hydrogen) atoms. The van der Waals surface area contributed by atoms with Crippen LogP contribution in [0.2, 0.25) is 0 Å². The number of aliphatic carboxylic acids is 1. The van der Waals surface area contributed by atoms with Crippen LogP contribution in [-0.4, -0.2) is 35.6 Å². The Balaban J connectivity index is 0. The molecule has 0 rings (SSSR count). The molecule has 0 heterocycles. The third kappa shape index (κ3) is 9.50. The predicted octanol–water partition coefficient (Wildman–Crippen LogP) is -0.812. The Labute approximate surface area is 64.4 Å². The molecule has 0 aliphatic rings. The van der Waals surface area contributed by atoms with Gasteiger partial charge in [0.1, 0.15) is 0 Å². The van der Waals surface area contributed by atoms with Gasteiger partial charge in [0, 0.05) is 5.97 Å². The number of nitrogens with one attached hydrogen (secondary N) is 1. The number of carboxylic acid groups (broad SMARTS) is 1. The van der Waals surface area contributed by atoms with Crippen molar-refractivity contribution in [1.82, 2.24) is 0 Å². The molecule has 0 unspecified atom stereocenters. The van der Waals surface area contributed by atoms with E-state index in [0.29, 0.717) is 6.42 Å². The summed E-state index contributed by atoms with van der Waals surface area (Å²) >= 11 is 0. The molecule has 0 bridgehead atoms. The van der Waals surface area contributed by atoms with E-state index < -0.39 is 5.97 Å². The zero-order valence-electron chi connectivity index (χ0n) is 4.64. The number of hydrogen-bond acceptors (Lipinski definition) is 2. The molecule has 3 nitrogen and oxygen atoms in total. The Morgan fingerprint density at radius 3 is 2.25 bits per heavy atom. The number of carboxylic acids is 1. The minimum absolute atomic E-state index is 0. The van der Waals surface area contributed by atoms with Crippen LogP contribution in [0.15, 0.2) is 0 Å². The Morgan fingerprint density at radius 2 is 2.12 bits per heavy atom. The minimum Gasteiger partial charge on any atom is -0.677 e. The van der Waals surface area contributed by atoms with E-state index in [0.717, 1.165) is 0 Å². The normalized spacial score (nSPS) is 7.62. The molecule has 0 aliphatic carbocycles. The largest absolute Gasteiger partial charge is 2.00 e. The van der Waals surface area contributed by atoms with E-state index in [1.54, 1.807) is 0 Å². The summed E-state index contributed by atoms with van der Waals surface area (Å²) in [6, 6.07) is 0. The monoisotopic (exact) mass is 125 g/mol.